The van der Waals surface area contributed by atoms with Gasteiger partial charge in [0.05, 0.1) is 13.0 Å². The molecule has 0 fully saturated rings. The van der Waals surface area contributed by atoms with E-state index in [0.717, 1.165) is 128 Å². The van der Waals surface area contributed by atoms with E-state index in [1.807, 2.05) is 19.0 Å². The molecule has 0 saturated heterocycles. The third-order valence-corrected chi connectivity index (χ3v) is 11.2. The Morgan fingerprint density at radius 2 is 0.733 bits per heavy atom. The summed E-state index contributed by atoms with van der Waals surface area (Å²) < 4.78 is 28.9. The van der Waals surface area contributed by atoms with Crippen LogP contribution in [-0.4, -0.2) is 88.4 Å². The molecular weight excluding hydrogens is 763 g/mol. The minimum Gasteiger partial charge on any atom is -0.466 e. The zero-order valence-corrected chi connectivity index (χ0v) is 39.7. The summed E-state index contributed by atoms with van der Waals surface area (Å²) in [4.78, 5) is 67.2. The first kappa shape index (κ1) is 57.3. The molecule has 0 bridgehead atoms. The van der Waals surface area contributed by atoms with Gasteiger partial charge in [0.15, 0.2) is 0 Å². The molecule has 0 rings (SSSR count). The summed E-state index contributed by atoms with van der Waals surface area (Å²) in [6.07, 6.45) is 24.1. The van der Waals surface area contributed by atoms with Gasteiger partial charge in [-0.15, -0.1) is 0 Å². The lowest BCUT2D eigenvalue weighted by Gasteiger charge is -2.32. The minimum atomic E-state index is -1.31. The second kappa shape index (κ2) is 39.2. The molecule has 0 aromatic rings. The first-order valence-corrected chi connectivity index (χ1v) is 24.4. The molecule has 0 unspecified atom stereocenters. The predicted molar refractivity (Wildman–Crippen MR) is 240 cm³/mol. The number of hydrogen-bond donors (Lipinski definition) is 0. The summed E-state index contributed by atoms with van der Waals surface area (Å²) in [6.45, 7) is 10.7. The molecule has 0 aliphatic rings. The van der Waals surface area contributed by atoms with Gasteiger partial charge in [-0.2, -0.15) is 0 Å². The monoisotopic (exact) mass is 854 g/mol. The fourth-order valence-corrected chi connectivity index (χ4v) is 7.16. The standard InChI is InChI=1S/C49H91NO10/c1-8-13-18-19-26-35-56-44(51)31-24-25-32-45(52)57-38-49(39-58-46(53)33-34-50(6)7,40-59-47(54)36-42(27-20-14-9-2)28-21-15-10-3)41-60-48(55)37-43(29-22-16-11-4)30-23-17-12-5/h42-43H,8-41H2,1-7H3. The molecule has 0 atom stereocenters. The van der Waals surface area contributed by atoms with Crippen molar-refractivity contribution >= 4 is 29.8 Å². The van der Waals surface area contributed by atoms with Crippen LogP contribution < -0.4 is 0 Å². The van der Waals surface area contributed by atoms with E-state index in [1.54, 1.807) is 0 Å². The van der Waals surface area contributed by atoms with Crippen molar-refractivity contribution in [3.05, 3.63) is 0 Å². The van der Waals surface area contributed by atoms with Crippen molar-refractivity contribution in [3.8, 4) is 0 Å². The molecule has 0 spiro atoms. The van der Waals surface area contributed by atoms with Crippen LogP contribution >= 0.6 is 0 Å². The smallest absolute Gasteiger partial charge is 0.307 e. The van der Waals surface area contributed by atoms with E-state index in [4.69, 9.17) is 23.7 Å². The molecule has 0 aromatic heterocycles. The molecule has 0 aromatic carbocycles. The molecule has 0 N–H and O–H groups in total. The first-order valence-electron chi connectivity index (χ1n) is 24.4. The number of rotatable bonds is 42. The summed E-state index contributed by atoms with van der Waals surface area (Å²) in [6, 6.07) is 0. The van der Waals surface area contributed by atoms with Crippen LogP contribution in [0.1, 0.15) is 214 Å². The molecule has 0 radical (unpaired) electrons. The zero-order chi connectivity index (χ0) is 44.7. The number of carbonyl (C=O) groups is 5. The van der Waals surface area contributed by atoms with Gasteiger partial charge in [0, 0.05) is 32.2 Å². The first-order chi connectivity index (χ1) is 28.9. The zero-order valence-electron chi connectivity index (χ0n) is 39.7. The van der Waals surface area contributed by atoms with E-state index in [-0.39, 0.29) is 88.3 Å². The number of carbonyl (C=O) groups excluding carboxylic acids is 5. The molecule has 352 valence electrons. The Kier molecular flexibility index (Phi) is 37.4. The molecule has 0 amide bonds. The molecule has 0 aliphatic carbocycles. The quantitative estimate of drug-likeness (QED) is 0.0330. The Morgan fingerprint density at radius 3 is 1.12 bits per heavy atom. The lowest BCUT2D eigenvalue weighted by Crippen LogP contribution is -2.44. The van der Waals surface area contributed by atoms with Crippen molar-refractivity contribution in [2.75, 3.05) is 53.7 Å². The van der Waals surface area contributed by atoms with Crippen LogP contribution in [0.25, 0.3) is 0 Å². The number of unbranched alkanes of at least 4 members (excludes halogenated alkanes) is 13. The van der Waals surface area contributed by atoms with Gasteiger partial charge in [-0.05, 0) is 70.9 Å². The molecule has 0 aliphatic heterocycles. The van der Waals surface area contributed by atoms with Gasteiger partial charge in [-0.25, -0.2) is 0 Å². The molecule has 0 saturated carbocycles. The Balaban J connectivity index is 6.04. The summed E-state index contributed by atoms with van der Waals surface area (Å²) in [7, 11) is 3.73. The normalized spacial score (nSPS) is 11.6. The van der Waals surface area contributed by atoms with E-state index >= 15 is 0 Å². The third-order valence-electron chi connectivity index (χ3n) is 11.2. The highest BCUT2D eigenvalue weighted by atomic mass is 16.6. The van der Waals surface area contributed by atoms with Gasteiger partial charge in [0.25, 0.3) is 0 Å². The van der Waals surface area contributed by atoms with Crippen LogP contribution in [0, 0.1) is 17.3 Å². The van der Waals surface area contributed by atoms with E-state index in [1.165, 1.54) is 6.42 Å². The predicted octanol–water partition coefficient (Wildman–Crippen LogP) is 11.5. The van der Waals surface area contributed by atoms with E-state index in [2.05, 4.69) is 34.6 Å². The fourth-order valence-electron chi connectivity index (χ4n) is 7.16. The van der Waals surface area contributed by atoms with Gasteiger partial charge in [0.2, 0.25) is 0 Å². The highest BCUT2D eigenvalue weighted by molar-refractivity contribution is 5.72. The number of ether oxygens (including phenoxy) is 5. The summed E-state index contributed by atoms with van der Waals surface area (Å²) in [5.41, 5.74) is -1.31. The average molecular weight is 854 g/mol. The number of esters is 5. The van der Waals surface area contributed by atoms with E-state index in [0.29, 0.717) is 26.0 Å². The summed E-state index contributed by atoms with van der Waals surface area (Å²) in [5, 5.41) is 0. The van der Waals surface area contributed by atoms with Crippen molar-refractivity contribution in [3.63, 3.8) is 0 Å². The average Bonchev–Trinajstić information content (AvgIpc) is 3.22. The van der Waals surface area contributed by atoms with E-state index < -0.39 is 17.4 Å². The van der Waals surface area contributed by atoms with Gasteiger partial charge in [0.1, 0.15) is 31.8 Å². The Labute approximate surface area is 366 Å². The van der Waals surface area contributed by atoms with Crippen LogP contribution in [0.3, 0.4) is 0 Å². The minimum absolute atomic E-state index is 0.0664. The maximum atomic E-state index is 13.5. The molecule has 60 heavy (non-hydrogen) atoms. The van der Waals surface area contributed by atoms with Crippen molar-refractivity contribution < 1.29 is 47.7 Å². The van der Waals surface area contributed by atoms with Crippen LogP contribution in [0.5, 0.6) is 0 Å². The van der Waals surface area contributed by atoms with Gasteiger partial charge < -0.3 is 28.6 Å². The topological polar surface area (TPSA) is 135 Å². The van der Waals surface area contributed by atoms with Gasteiger partial charge in [-0.1, -0.05) is 137 Å². The second-order valence-corrected chi connectivity index (χ2v) is 17.7. The van der Waals surface area contributed by atoms with Crippen molar-refractivity contribution in [2.24, 2.45) is 17.3 Å². The Hall–Kier alpha value is -2.69. The van der Waals surface area contributed by atoms with Crippen molar-refractivity contribution in [1.82, 2.24) is 4.90 Å². The van der Waals surface area contributed by atoms with Crippen LogP contribution in [0.4, 0.5) is 0 Å². The molecular formula is C49H91NO10. The highest BCUT2D eigenvalue weighted by Gasteiger charge is 2.38. The molecule has 11 nitrogen and oxygen atoms in total. The van der Waals surface area contributed by atoms with Gasteiger partial charge >= 0.3 is 29.8 Å². The van der Waals surface area contributed by atoms with Crippen molar-refractivity contribution in [1.29, 1.82) is 0 Å². The number of nitrogens with zero attached hydrogens (tertiary/aromatic N) is 1. The van der Waals surface area contributed by atoms with Gasteiger partial charge in [-0.3, -0.25) is 24.0 Å². The summed E-state index contributed by atoms with van der Waals surface area (Å²) >= 11 is 0. The number of hydrogen-bond acceptors (Lipinski definition) is 11. The highest BCUT2D eigenvalue weighted by Crippen LogP contribution is 2.27. The summed E-state index contributed by atoms with van der Waals surface area (Å²) in [5.74, 6) is -1.56. The molecule has 11 heteroatoms. The lowest BCUT2D eigenvalue weighted by atomic mass is 9.90. The van der Waals surface area contributed by atoms with Crippen LogP contribution in [-0.2, 0) is 47.7 Å². The maximum absolute atomic E-state index is 13.5. The van der Waals surface area contributed by atoms with Crippen LogP contribution in [0.2, 0.25) is 0 Å². The Morgan fingerprint density at radius 1 is 0.400 bits per heavy atom. The lowest BCUT2D eigenvalue weighted by molar-refractivity contribution is -0.171. The largest absolute Gasteiger partial charge is 0.466 e. The fraction of sp³-hybridized carbons (Fsp3) is 0.898. The Bertz CT molecular complexity index is 1030. The maximum Gasteiger partial charge on any atom is 0.307 e. The molecule has 0 heterocycles. The SMILES string of the molecule is CCCCCCCOC(=O)CCCCC(=O)OCC(COC(=O)CCN(C)C)(COC(=O)CC(CCCCC)CCCCC)COC(=O)CC(CCCCC)CCCCC. The third kappa shape index (κ3) is 34.0. The van der Waals surface area contributed by atoms with Crippen molar-refractivity contribution in [2.45, 2.75) is 214 Å². The second-order valence-electron chi connectivity index (χ2n) is 17.7. The van der Waals surface area contributed by atoms with E-state index in [9.17, 15) is 24.0 Å². The van der Waals surface area contributed by atoms with Crippen LogP contribution in [0.15, 0.2) is 0 Å².